The Kier molecular flexibility index (Phi) is 4.65. The highest BCUT2D eigenvalue weighted by Gasteiger charge is 2.47. The zero-order valence-electron chi connectivity index (χ0n) is 18.0. The Bertz CT molecular complexity index is 1220. The van der Waals surface area contributed by atoms with E-state index in [2.05, 4.69) is 33.6 Å². The van der Waals surface area contributed by atoms with Crippen molar-refractivity contribution < 1.29 is 18.0 Å². The number of imide groups is 1. The number of nitrogens with zero attached hydrogens (tertiary/aromatic N) is 3. The van der Waals surface area contributed by atoms with Gasteiger partial charge in [-0.25, -0.2) is 23.2 Å². The molecule has 1 saturated heterocycles. The van der Waals surface area contributed by atoms with Crippen LogP contribution in [-0.2, 0) is 33.2 Å². The van der Waals surface area contributed by atoms with Crippen LogP contribution in [0.15, 0.2) is 30.6 Å². The van der Waals surface area contributed by atoms with Crippen molar-refractivity contribution in [1.82, 2.24) is 24.9 Å². The van der Waals surface area contributed by atoms with Crippen molar-refractivity contribution in [2.45, 2.75) is 50.6 Å². The van der Waals surface area contributed by atoms with Gasteiger partial charge < -0.3 is 5.32 Å². The lowest BCUT2D eigenvalue weighted by molar-refractivity contribution is -0.122. The Hall–Kier alpha value is -2.85. The second-order valence-electron chi connectivity index (χ2n) is 9.42. The highest BCUT2D eigenvalue weighted by atomic mass is 32.2. The standard InChI is InChI=1S/C22H25N5O4S/c1-21(6-7-21)18-23-10-17(11-24-18)14-3-4-16-12-27(8-5-15(16)9-14)32(30,31)13-22(2)19(28)25-20(29)26-22/h3-4,9-11H,5-8,12-13H2,1-2H3,(H2,25,26,28,29)/t22-/m1/s1. The van der Waals surface area contributed by atoms with Gasteiger partial charge in [0.2, 0.25) is 10.0 Å². The molecule has 3 heterocycles. The van der Waals surface area contributed by atoms with Crippen LogP contribution in [0.5, 0.6) is 0 Å². The van der Waals surface area contributed by atoms with Crippen molar-refractivity contribution >= 4 is 22.0 Å². The largest absolute Gasteiger partial charge is 0.322 e. The number of rotatable bonds is 5. The fraction of sp³-hybridized carbons (Fsp3) is 0.455. The summed E-state index contributed by atoms with van der Waals surface area (Å²) >= 11 is 0. The molecule has 10 heteroatoms. The molecule has 0 bridgehead atoms. The Morgan fingerprint density at radius 2 is 1.78 bits per heavy atom. The maximum absolute atomic E-state index is 13.0. The monoisotopic (exact) mass is 455 g/mol. The van der Waals surface area contributed by atoms with Gasteiger partial charge in [-0.1, -0.05) is 25.1 Å². The summed E-state index contributed by atoms with van der Waals surface area (Å²) in [5, 5.41) is 4.52. The van der Waals surface area contributed by atoms with Crippen LogP contribution in [0.3, 0.4) is 0 Å². The van der Waals surface area contributed by atoms with E-state index in [-0.39, 0.29) is 12.0 Å². The van der Waals surface area contributed by atoms with Crippen LogP contribution >= 0.6 is 0 Å². The molecule has 3 aliphatic rings. The van der Waals surface area contributed by atoms with Gasteiger partial charge in [0.1, 0.15) is 11.4 Å². The molecule has 9 nitrogen and oxygen atoms in total. The molecule has 1 atom stereocenters. The molecule has 32 heavy (non-hydrogen) atoms. The van der Waals surface area contributed by atoms with Crippen LogP contribution < -0.4 is 10.6 Å². The van der Waals surface area contributed by atoms with Crippen molar-refractivity contribution in [2.24, 2.45) is 0 Å². The lowest BCUT2D eigenvalue weighted by Crippen LogP contribution is -2.53. The number of benzene rings is 1. The molecule has 2 fully saturated rings. The summed E-state index contributed by atoms with van der Waals surface area (Å²) in [7, 11) is -3.76. The maximum Gasteiger partial charge on any atom is 0.322 e. The van der Waals surface area contributed by atoms with E-state index in [0.717, 1.165) is 40.9 Å². The Labute approximate surface area is 186 Å². The lowest BCUT2D eigenvalue weighted by Gasteiger charge is -2.31. The van der Waals surface area contributed by atoms with Crippen molar-refractivity contribution in [2.75, 3.05) is 12.3 Å². The normalized spacial score (nSPS) is 24.6. The SMILES string of the molecule is CC1(c2ncc(-c3ccc4c(c3)CCN(S(=O)(=O)C[C@@]3(C)NC(=O)NC3=O)C4)cn2)CC1. The van der Waals surface area contributed by atoms with Gasteiger partial charge in [-0.3, -0.25) is 10.1 Å². The molecule has 1 aromatic heterocycles. The van der Waals surface area contributed by atoms with E-state index in [1.165, 1.54) is 11.2 Å². The first kappa shape index (κ1) is 21.0. The third-order valence-corrected chi connectivity index (χ3v) is 8.73. The molecule has 1 aliphatic carbocycles. The molecule has 0 spiro atoms. The van der Waals surface area contributed by atoms with Crippen molar-refractivity contribution in [3.63, 3.8) is 0 Å². The lowest BCUT2D eigenvalue weighted by atomic mass is 9.96. The van der Waals surface area contributed by atoms with Gasteiger partial charge in [0.25, 0.3) is 5.91 Å². The molecule has 1 aromatic carbocycles. The summed E-state index contributed by atoms with van der Waals surface area (Å²) in [4.78, 5) is 32.6. The van der Waals surface area contributed by atoms with E-state index < -0.39 is 33.3 Å². The fourth-order valence-corrected chi connectivity index (χ4v) is 6.10. The zero-order valence-corrected chi connectivity index (χ0v) is 18.8. The van der Waals surface area contributed by atoms with Crippen molar-refractivity contribution in [3.8, 4) is 11.1 Å². The Morgan fingerprint density at radius 3 is 2.41 bits per heavy atom. The Balaban J connectivity index is 1.32. The minimum atomic E-state index is -3.76. The molecule has 2 aliphatic heterocycles. The number of hydrogen-bond acceptors (Lipinski definition) is 6. The molecular weight excluding hydrogens is 430 g/mol. The van der Waals surface area contributed by atoms with Crippen molar-refractivity contribution in [1.29, 1.82) is 0 Å². The fourth-order valence-electron chi connectivity index (χ4n) is 4.28. The molecular formula is C22H25N5O4S. The number of urea groups is 1. The van der Waals surface area contributed by atoms with Crippen LogP contribution in [0, 0.1) is 0 Å². The number of fused-ring (bicyclic) bond motifs is 1. The van der Waals surface area contributed by atoms with Gasteiger partial charge in [0.05, 0.1) is 5.75 Å². The quantitative estimate of drug-likeness (QED) is 0.659. The molecule has 168 valence electrons. The summed E-state index contributed by atoms with van der Waals surface area (Å²) in [5.41, 5.74) is 2.62. The van der Waals surface area contributed by atoms with Gasteiger partial charge in [-0.05, 0) is 42.9 Å². The topological polar surface area (TPSA) is 121 Å². The first-order valence-electron chi connectivity index (χ1n) is 10.6. The predicted molar refractivity (Wildman–Crippen MR) is 117 cm³/mol. The third-order valence-electron chi connectivity index (χ3n) is 6.69. The number of carbonyl (C=O) groups excluding carboxylic acids is 2. The molecule has 0 radical (unpaired) electrons. The molecule has 3 amide bonds. The average molecular weight is 456 g/mol. The molecule has 5 rings (SSSR count). The van der Waals surface area contributed by atoms with Gasteiger partial charge >= 0.3 is 6.03 Å². The maximum atomic E-state index is 13.0. The smallest absolute Gasteiger partial charge is 0.322 e. The summed E-state index contributed by atoms with van der Waals surface area (Å²) in [6.45, 7) is 4.15. The predicted octanol–water partition coefficient (Wildman–Crippen LogP) is 1.48. The second kappa shape index (κ2) is 7.08. The number of carbonyl (C=O) groups is 2. The Morgan fingerprint density at radius 1 is 1.06 bits per heavy atom. The number of sulfonamides is 1. The summed E-state index contributed by atoms with van der Waals surface area (Å²) in [6, 6.07) is 5.29. The van der Waals surface area contributed by atoms with Crippen LogP contribution in [0.4, 0.5) is 4.79 Å². The summed E-state index contributed by atoms with van der Waals surface area (Å²) < 4.78 is 27.4. The number of nitrogens with one attached hydrogen (secondary N) is 2. The molecule has 2 aromatic rings. The van der Waals surface area contributed by atoms with Crippen molar-refractivity contribution in [3.05, 3.63) is 47.5 Å². The van der Waals surface area contributed by atoms with E-state index in [9.17, 15) is 18.0 Å². The van der Waals surface area contributed by atoms with E-state index in [4.69, 9.17) is 0 Å². The summed E-state index contributed by atoms with van der Waals surface area (Å²) in [6.07, 6.45) is 6.53. The van der Waals surface area contributed by atoms with E-state index >= 15 is 0 Å². The number of amides is 3. The van der Waals surface area contributed by atoms with E-state index in [1.807, 2.05) is 24.5 Å². The molecule has 0 unspecified atom stereocenters. The van der Waals surface area contributed by atoms with Crippen LogP contribution in [0.2, 0.25) is 0 Å². The van der Waals surface area contributed by atoms with E-state index in [1.54, 1.807) is 0 Å². The number of aromatic nitrogens is 2. The van der Waals surface area contributed by atoms with Gasteiger partial charge in [0.15, 0.2) is 0 Å². The average Bonchev–Trinajstić information content (AvgIpc) is 3.45. The van der Waals surface area contributed by atoms with Crippen LogP contribution in [0.1, 0.15) is 43.6 Å². The first-order chi connectivity index (χ1) is 15.1. The number of hydrogen-bond donors (Lipinski definition) is 2. The molecule has 1 saturated carbocycles. The van der Waals surface area contributed by atoms with Gasteiger partial charge in [-0.15, -0.1) is 0 Å². The summed E-state index contributed by atoms with van der Waals surface area (Å²) in [5.74, 6) is -0.217. The molecule has 2 N–H and O–H groups in total. The van der Waals surface area contributed by atoms with Crippen LogP contribution in [0.25, 0.3) is 11.1 Å². The minimum Gasteiger partial charge on any atom is -0.322 e. The highest BCUT2D eigenvalue weighted by molar-refractivity contribution is 7.89. The van der Waals surface area contributed by atoms with E-state index in [0.29, 0.717) is 13.0 Å². The highest BCUT2D eigenvalue weighted by Crippen LogP contribution is 2.45. The minimum absolute atomic E-state index is 0.127. The van der Waals surface area contributed by atoms with Crippen LogP contribution in [-0.4, -0.2) is 52.5 Å². The zero-order chi connectivity index (χ0) is 22.7. The third kappa shape index (κ3) is 3.67. The van der Waals surface area contributed by atoms with Gasteiger partial charge in [-0.2, -0.15) is 4.31 Å². The first-order valence-corrected chi connectivity index (χ1v) is 12.3. The van der Waals surface area contributed by atoms with Gasteiger partial charge in [0, 0.05) is 36.5 Å². The second-order valence-corrected chi connectivity index (χ2v) is 11.4.